The minimum atomic E-state index is -4.49. The van der Waals surface area contributed by atoms with Gasteiger partial charge in [0.2, 0.25) is 10.0 Å². The van der Waals surface area contributed by atoms with Crippen molar-refractivity contribution in [3.8, 4) is 11.1 Å². The Kier molecular flexibility index (Phi) is 7.22. The molecular formula is C23H22F3NO3S2. The summed E-state index contributed by atoms with van der Waals surface area (Å²) in [6.45, 7) is 3.41. The van der Waals surface area contributed by atoms with E-state index in [4.69, 9.17) is 0 Å². The average Bonchev–Trinajstić information content (AvgIpc) is 3.21. The second kappa shape index (κ2) is 9.56. The molecule has 0 fully saturated rings. The van der Waals surface area contributed by atoms with E-state index in [2.05, 4.69) is 4.72 Å². The molecule has 0 spiro atoms. The van der Waals surface area contributed by atoms with Crippen LogP contribution in [0.25, 0.3) is 11.1 Å². The SMILES string of the molecule is CC(C)NS(=O)(=O)c1ccc(-c2ccsc2)c(CC(=O)Cc2cccc(C(F)(F)F)c2)c1. The lowest BCUT2D eigenvalue weighted by Gasteiger charge is -2.14. The molecule has 170 valence electrons. The highest BCUT2D eigenvalue weighted by Gasteiger charge is 2.30. The third kappa shape index (κ3) is 6.05. The normalized spacial score (nSPS) is 12.3. The zero-order chi connectivity index (χ0) is 23.5. The molecule has 1 N–H and O–H groups in total. The topological polar surface area (TPSA) is 63.2 Å². The highest BCUT2D eigenvalue weighted by molar-refractivity contribution is 7.89. The van der Waals surface area contributed by atoms with Crippen molar-refractivity contribution < 1.29 is 26.4 Å². The number of carbonyl (C=O) groups is 1. The Labute approximate surface area is 189 Å². The minimum absolute atomic E-state index is 0.0343. The zero-order valence-corrected chi connectivity index (χ0v) is 19.1. The molecule has 0 aliphatic heterocycles. The number of Topliss-reactive ketones (excluding diaryl/α,β-unsaturated/α-hetero) is 1. The summed E-state index contributed by atoms with van der Waals surface area (Å²) in [6.07, 6.45) is -4.78. The fourth-order valence-electron chi connectivity index (χ4n) is 3.32. The quantitative estimate of drug-likeness (QED) is 0.464. The van der Waals surface area contributed by atoms with Crippen molar-refractivity contribution in [1.82, 2.24) is 4.72 Å². The van der Waals surface area contributed by atoms with Crippen LogP contribution in [0.1, 0.15) is 30.5 Å². The van der Waals surface area contributed by atoms with Crippen molar-refractivity contribution in [2.75, 3.05) is 0 Å². The van der Waals surface area contributed by atoms with Crippen molar-refractivity contribution >= 4 is 27.1 Å². The van der Waals surface area contributed by atoms with Gasteiger partial charge in [0.15, 0.2) is 0 Å². The van der Waals surface area contributed by atoms with Gasteiger partial charge in [0.1, 0.15) is 5.78 Å². The van der Waals surface area contributed by atoms with Gasteiger partial charge >= 0.3 is 6.18 Å². The van der Waals surface area contributed by atoms with Crippen LogP contribution in [-0.2, 0) is 33.8 Å². The summed E-state index contributed by atoms with van der Waals surface area (Å²) in [5.41, 5.74) is 1.51. The lowest BCUT2D eigenvalue weighted by atomic mass is 9.95. The molecule has 9 heteroatoms. The molecule has 0 aliphatic carbocycles. The number of thiophene rings is 1. The first-order valence-electron chi connectivity index (χ1n) is 9.81. The van der Waals surface area contributed by atoms with Crippen molar-refractivity contribution in [3.05, 3.63) is 76.0 Å². The van der Waals surface area contributed by atoms with Crippen LogP contribution in [0.3, 0.4) is 0 Å². The molecular weight excluding hydrogens is 459 g/mol. The van der Waals surface area contributed by atoms with E-state index < -0.39 is 21.8 Å². The first kappa shape index (κ1) is 24.2. The Hall–Kier alpha value is -2.49. The first-order valence-corrected chi connectivity index (χ1v) is 12.2. The molecule has 1 aromatic heterocycles. The molecule has 0 saturated heterocycles. The van der Waals surface area contributed by atoms with Gasteiger partial charge in [0, 0.05) is 18.9 Å². The van der Waals surface area contributed by atoms with Crippen molar-refractivity contribution in [3.63, 3.8) is 0 Å². The summed E-state index contributed by atoms with van der Waals surface area (Å²) in [4.78, 5) is 12.8. The lowest BCUT2D eigenvalue weighted by molar-refractivity contribution is -0.137. The largest absolute Gasteiger partial charge is 0.416 e. The molecule has 3 aromatic rings. The number of hydrogen-bond donors (Lipinski definition) is 1. The van der Waals surface area contributed by atoms with Gasteiger partial charge in [-0.25, -0.2) is 13.1 Å². The van der Waals surface area contributed by atoms with Crippen LogP contribution < -0.4 is 4.72 Å². The molecule has 0 saturated carbocycles. The third-order valence-electron chi connectivity index (χ3n) is 4.65. The number of carbonyl (C=O) groups excluding carboxylic acids is 1. The lowest BCUT2D eigenvalue weighted by Crippen LogP contribution is -2.30. The number of sulfonamides is 1. The van der Waals surface area contributed by atoms with Gasteiger partial charge in [-0.3, -0.25) is 4.79 Å². The van der Waals surface area contributed by atoms with Crippen molar-refractivity contribution in [2.45, 2.75) is 43.8 Å². The monoisotopic (exact) mass is 481 g/mol. The van der Waals surface area contributed by atoms with Gasteiger partial charge in [-0.05, 0) is 71.1 Å². The van der Waals surface area contributed by atoms with Gasteiger partial charge in [-0.15, -0.1) is 0 Å². The van der Waals surface area contributed by atoms with E-state index in [1.54, 1.807) is 19.9 Å². The van der Waals surface area contributed by atoms with Gasteiger partial charge in [-0.2, -0.15) is 24.5 Å². The van der Waals surface area contributed by atoms with E-state index in [0.717, 1.165) is 17.7 Å². The summed E-state index contributed by atoms with van der Waals surface area (Å²) in [5.74, 6) is -0.313. The van der Waals surface area contributed by atoms with E-state index in [9.17, 15) is 26.4 Å². The predicted octanol–water partition coefficient (Wildman–Crippen LogP) is 5.47. The number of alkyl halides is 3. The summed E-state index contributed by atoms with van der Waals surface area (Å²) in [6, 6.07) is 10.8. The maximum atomic E-state index is 13.0. The highest BCUT2D eigenvalue weighted by atomic mass is 32.2. The van der Waals surface area contributed by atoms with Gasteiger partial charge in [0.05, 0.1) is 10.5 Å². The first-order chi connectivity index (χ1) is 15.0. The van der Waals surface area contributed by atoms with Crippen molar-refractivity contribution in [2.24, 2.45) is 0 Å². The fraction of sp³-hybridized carbons (Fsp3) is 0.261. The van der Waals surface area contributed by atoms with Crippen LogP contribution >= 0.6 is 11.3 Å². The molecule has 2 aromatic carbocycles. The zero-order valence-electron chi connectivity index (χ0n) is 17.4. The summed E-state index contributed by atoms with van der Waals surface area (Å²) < 4.78 is 66.6. The Balaban J connectivity index is 1.91. The number of nitrogens with one attached hydrogen (secondary N) is 1. The Morgan fingerprint density at radius 1 is 1.06 bits per heavy atom. The molecule has 0 radical (unpaired) electrons. The second-order valence-electron chi connectivity index (χ2n) is 7.70. The van der Waals surface area contributed by atoms with Crippen molar-refractivity contribution in [1.29, 1.82) is 0 Å². The molecule has 0 amide bonds. The maximum Gasteiger partial charge on any atom is 0.416 e. The van der Waals surface area contributed by atoms with Gasteiger partial charge < -0.3 is 0 Å². The highest BCUT2D eigenvalue weighted by Crippen LogP contribution is 2.31. The molecule has 0 aliphatic rings. The number of ketones is 1. The summed E-state index contributed by atoms with van der Waals surface area (Å²) in [5, 5.41) is 3.76. The van der Waals surface area contributed by atoms with E-state index >= 15 is 0 Å². The van der Waals surface area contributed by atoms with E-state index in [1.165, 1.54) is 35.6 Å². The second-order valence-corrected chi connectivity index (χ2v) is 10.2. The van der Waals surface area contributed by atoms with E-state index in [-0.39, 0.29) is 35.1 Å². The number of hydrogen-bond acceptors (Lipinski definition) is 4. The summed E-state index contributed by atoms with van der Waals surface area (Å²) >= 11 is 1.46. The molecule has 1 heterocycles. The molecule has 0 bridgehead atoms. The van der Waals surface area contributed by atoms with Crippen LogP contribution in [-0.4, -0.2) is 20.2 Å². The van der Waals surface area contributed by atoms with Crippen LogP contribution in [0.2, 0.25) is 0 Å². The van der Waals surface area contributed by atoms with Gasteiger partial charge in [0.25, 0.3) is 0 Å². The third-order valence-corrected chi connectivity index (χ3v) is 6.99. The van der Waals surface area contributed by atoms with Gasteiger partial charge in [-0.1, -0.05) is 24.3 Å². The smallest absolute Gasteiger partial charge is 0.299 e. The van der Waals surface area contributed by atoms with E-state index in [0.29, 0.717) is 11.1 Å². The predicted molar refractivity (Wildman–Crippen MR) is 119 cm³/mol. The van der Waals surface area contributed by atoms with Crippen LogP contribution in [0.5, 0.6) is 0 Å². The standard InChI is InChI=1S/C23H22F3NO3S2/c1-15(2)27-32(29,30)21-6-7-22(17-8-9-31-14-17)18(13-21)12-20(28)11-16-4-3-5-19(10-16)23(24,25)26/h3-10,13-15,27H,11-12H2,1-2H3. The molecule has 3 rings (SSSR count). The Bertz CT molecular complexity index is 1200. The van der Waals surface area contributed by atoms with Crippen LogP contribution in [0, 0.1) is 0 Å². The Morgan fingerprint density at radius 2 is 1.81 bits per heavy atom. The minimum Gasteiger partial charge on any atom is -0.299 e. The van der Waals surface area contributed by atoms with E-state index in [1.807, 2.05) is 16.8 Å². The number of rotatable bonds is 8. The molecule has 32 heavy (non-hydrogen) atoms. The molecule has 0 unspecified atom stereocenters. The fourth-order valence-corrected chi connectivity index (χ4v) is 5.28. The number of halogens is 3. The summed E-state index contributed by atoms with van der Waals surface area (Å²) in [7, 11) is -3.77. The maximum absolute atomic E-state index is 13.0. The number of benzene rings is 2. The molecule has 4 nitrogen and oxygen atoms in total. The van der Waals surface area contributed by atoms with Crippen LogP contribution in [0.15, 0.2) is 64.2 Å². The molecule has 0 atom stereocenters. The van der Waals surface area contributed by atoms with Crippen LogP contribution in [0.4, 0.5) is 13.2 Å². The average molecular weight is 482 g/mol. The Morgan fingerprint density at radius 3 is 2.44 bits per heavy atom.